The van der Waals surface area contributed by atoms with E-state index in [-0.39, 0.29) is 6.10 Å². The molecule has 1 aromatic carbocycles. The van der Waals surface area contributed by atoms with E-state index in [4.69, 9.17) is 14.2 Å². The lowest BCUT2D eigenvalue weighted by molar-refractivity contribution is -0.0181. The van der Waals surface area contributed by atoms with Gasteiger partial charge in [0.2, 0.25) is 0 Å². The van der Waals surface area contributed by atoms with Gasteiger partial charge in [0.15, 0.2) is 0 Å². The van der Waals surface area contributed by atoms with Crippen molar-refractivity contribution in [3.8, 4) is 0 Å². The van der Waals surface area contributed by atoms with Crippen LogP contribution in [-0.4, -0.2) is 32.4 Å². The monoisotopic (exact) mass is 884 g/mol. The number of rotatable bonds is 9. The molecule has 2 unspecified atom stereocenters. The van der Waals surface area contributed by atoms with Crippen molar-refractivity contribution in [1.29, 1.82) is 0 Å². The van der Waals surface area contributed by atoms with Crippen molar-refractivity contribution >= 4 is 0 Å². The van der Waals surface area contributed by atoms with Crippen LogP contribution in [0.3, 0.4) is 0 Å². The van der Waals surface area contributed by atoms with Gasteiger partial charge in [-0.2, -0.15) is 0 Å². The van der Waals surface area contributed by atoms with E-state index >= 15 is 0 Å². The van der Waals surface area contributed by atoms with Gasteiger partial charge in [-0.3, -0.25) is 4.98 Å². The van der Waals surface area contributed by atoms with Gasteiger partial charge in [0, 0.05) is 27.5 Å². The number of hydrogen-bond acceptors (Lipinski definition) is 4. The normalized spacial score (nSPS) is 17.5. The Morgan fingerprint density at radius 2 is 0.683 bits per heavy atom. The lowest BCUT2D eigenvalue weighted by Crippen LogP contribution is -2.33. The summed E-state index contributed by atoms with van der Waals surface area (Å²) in [5, 5.41) is 0. The van der Waals surface area contributed by atoms with E-state index in [9.17, 15) is 0 Å². The number of benzene rings is 1. The molecule has 0 amide bonds. The van der Waals surface area contributed by atoms with E-state index in [0.29, 0.717) is 18.1 Å². The van der Waals surface area contributed by atoms with Gasteiger partial charge >= 0.3 is 0 Å². The molecule has 0 bridgehead atoms. The standard InChI is InChI=1S/C14H26O.C14H20O.C13H19NO.6C3H8/c2*1-15-14(12-8-4-2-5-9-12)13-10-6-3-7-11-13;1-15-13(11-7-3-2-4-8-11)12-9-5-6-10-14-12;6*1-3-2/h12-14H,2-11H2,1H3;2,4-5,8-9,13-14H,3,6-7,10-11H2,1H3;5-6,9-11,13H,2-4,7-8H2,1H3;6*3H2,1-2H3. The Labute approximate surface area is 397 Å². The first-order valence-electron chi connectivity index (χ1n) is 27.3. The molecule has 63 heavy (non-hydrogen) atoms. The zero-order valence-corrected chi connectivity index (χ0v) is 45.3. The smallest absolute Gasteiger partial charge is 0.102 e. The SMILES string of the molecule is CCC.CCC.CCC.CCC.CCC.CCC.COC(C1CCCCC1)C1CCCCC1.COC(c1ccccc1)C1CCCCC1.COC(c1ccccn1)C1CCCCC1. The van der Waals surface area contributed by atoms with Crippen molar-refractivity contribution in [3.63, 3.8) is 0 Å². The van der Waals surface area contributed by atoms with Gasteiger partial charge in [-0.1, -0.05) is 235 Å². The van der Waals surface area contributed by atoms with Crippen LogP contribution in [0.1, 0.15) is 273 Å². The quantitative estimate of drug-likeness (QED) is 0.252. The molecule has 372 valence electrons. The van der Waals surface area contributed by atoms with Gasteiger partial charge in [-0.15, -0.1) is 0 Å². The first-order valence-corrected chi connectivity index (χ1v) is 27.3. The summed E-state index contributed by atoms with van der Waals surface area (Å²) in [7, 11) is 5.58. The van der Waals surface area contributed by atoms with Crippen molar-refractivity contribution in [2.24, 2.45) is 23.7 Å². The van der Waals surface area contributed by atoms with Crippen LogP contribution in [0.4, 0.5) is 0 Å². The number of aromatic nitrogens is 1. The molecule has 6 rings (SSSR count). The third-order valence-electron chi connectivity index (χ3n) is 11.3. The van der Waals surface area contributed by atoms with Crippen molar-refractivity contribution in [1.82, 2.24) is 4.98 Å². The largest absolute Gasteiger partial charge is 0.381 e. The lowest BCUT2D eigenvalue weighted by Gasteiger charge is -2.36. The van der Waals surface area contributed by atoms with Crippen molar-refractivity contribution in [2.75, 3.05) is 21.3 Å². The summed E-state index contributed by atoms with van der Waals surface area (Å²) in [5.41, 5.74) is 2.43. The van der Waals surface area contributed by atoms with Crippen LogP contribution in [0, 0.1) is 23.7 Å². The minimum absolute atomic E-state index is 0.200. The first kappa shape index (κ1) is 65.5. The molecule has 4 saturated carbocycles. The maximum atomic E-state index is 5.83. The highest BCUT2D eigenvalue weighted by Gasteiger charge is 2.31. The Balaban J connectivity index is -0.000000720. The number of nitrogens with zero attached hydrogens (tertiary/aromatic N) is 1. The molecule has 4 nitrogen and oxygen atoms in total. The van der Waals surface area contributed by atoms with E-state index in [0.717, 1.165) is 23.4 Å². The maximum absolute atomic E-state index is 5.83. The lowest BCUT2D eigenvalue weighted by atomic mass is 9.75. The summed E-state index contributed by atoms with van der Waals surface area (Å²) in [6.45, 7) is 25.5. The molecular weight excluding hydrogens is 771 g/mol. The Hall–Kier alpha value is -1.75. The average Bonchev–Trinajstić information content (AvgIpc) is 3.32. The van der Waals surface area contributed by atoms with Gasteiger partial charge in [0.05, 0.1) is 17.9 Å². The Morgan fingerprint density at radius 1 is 0.381 bits per heavy atom. The molecule has 2 atom stereocenters. The summed E-state index contributed by atoms with van der Waals surface area (Å²) in [5.74, 6) is 3.16. The summed E-state index contributed by atoms with van der Waals surface area (Å²) in [6, 6.07) is 16.7. The zero-order chi connectivity index (χ0) is 47.8. The van der Waals surface area contributed by atoms with Gasteiger partial charge in [-0.05, 0) is 92.7 Å². The molecule has 4 aliphatic carbocycles. The van der Waals surface area contributed by atoms with Crippen LogP contribution in [0.25, 0.3) is 0 Å². The summed E-state index contributed by atoms with van der Waals surface area (Å²) >= 11 is 0. The fourth-order valence-corrected chi connectivity index (χ4v) is 8.91. The molecule has 1 aromatic heterocycles. The molecule has 4 fully saturated rings. The molecule has 1 heterocycles. The van der Waals surface area contributed by atoms with E-state index in [1.165, 1.54) is 173 Å². The van der Waals surface area contributed by atoms with Crippen LogP contribution in [0.15, 0.2) is 54.7 Å². The molecule has 0 radical (unpaired) electrons. The summed E-state index contributed by atoms with van der Waals surface area (Å²) in [6.07, 6.45) is 38.3. The van der Waals surface area contributed by atoms with E-state index < -0.39 is 0 Å². The van der Waals surface area contributed by atoms with Crippen molar-refractivity contribution in [3.05, 3.63) is 66.0 Å². The summed E-state index contributed by atoms with van der Waals surface area (Å²) in [4.78, 5) is 4.40. The fraction of sp³-hybridized carbons (Fsp3) is 0.814. The molecule has 0 saturated heterocycles. The molecular formula is C59H113NO3. The number of methoxy groups -OCH3 is 3. The number of pyridine rings is 1. The minimum Gasteiger partial charge on any atom is -0.381 e. The summed E-state index contributed by atoms with van der Waals surface area (Å²) < 4.78 is 17.1. The van der Waals surface area contributed by atoms with E-state index in [1.807, 2.05) is 32.5 Å². The van der Waals surface area contributed by atoms with Gasteiger partial charge in [0.25, 0.3) is 0 Å². The van der Waals surface area contributed by atoms with Crippen LogP contribution >= 0.6 is 0 Å². The fourth-order valence-electron chi connectivity index (χ4n) is 8.91. The van der Waals surface area contributed by atoms with Crippen LogP contribution in [0.5, 0.6) is 0 Å². The maximum Gasteiger partial charge on any atom is 0.102 e. The molecule has 0 N–H and O–H groups in total. The molecule has 0 spiro atoms. The van der Waals surface area contributed by atoms with Crippen molar-refractivity contribution < 1.29 is 14.2 Å². The van der Waals surface area contributed by atoms with Crippen molar-refractivity contribution in [2.45, 2.75) is 268 Å². The first-order chi connectivity index (χ1) is 30.7. The number of hydrogen-bond donors (Lipinski definition) is 0. The zero-order valence-electron chi connectivity index (χ0n) is 45.3. The van der Waals surface area contributed by atoms with Gasteiger partial charge in [0.1, 0.15) is 6.10 Å². The Kier molecular flexibility index (Phi) is 53.3. The highest BCUT2D eigenvalue weighted by atomic mass is 16.5. The molecule has 4 heteroatoms. The van der Waals surface area contributed by atoms with Crippen LogP contribution in [0.2, 0.25) is 0 Å². The second-order valence-electron chi connectivity index (χ2n) is 18.5. The van der Waals surface area contributed by atoms with E-state index in [2.05, 4.69) is 124 Å². The topological polar surface area (TPSA) is 40.6 Å². The molecule has 4 aliphatic rings. The Morgan fingerprint density at radius 3 is 0.968 bits per heavy atom. The van der Waals surface area contributed by atoms with Crippen LogP contribution in [-0.2, 0) is 14.2 Å². The predicted molar refractivity (Wildman–Crippen MR) is 283 cm³/mol. The van der Waals surface area contributed by atoms with E-state index in [1.54, 1.807) is 7.11 Å². The predicted octanol–water partition coefficient (Wildman–Crippen LogP) is 20.0. The molecule has 0 aliphatic heterocycles. The number of ether oxygens (including phenoxy) is 3. The second-order valence-corrected chi connectivity index (χ2v) is 18.5. The second kappa shape index (κ2) is 51.2. The highest BCUT2D eigenvalue weighted by molar-refractivity contribution is 5.18. The highest BCUT2D eigenvalue weighted by Crippen LogP contribution is 2.38. The van der Waals surface area contributed by atoms with Gasteiger partial charge < -0.3 is 14.2 Å². The molecule has 2 aromatic rings. The average molecular weight is 885 g/mol. The van der Waals surface area contributed by atoms with Gasteiger partial charge in [-0.25, -0.2) is 0 Å². The Bertz CT molecular complexity index is 977. The third-order valence-corrected chi connectivity index (χ3v) is 11.3. The van der Waals surface area contributed by atoms with Crippen LogP contribution < -0.4 is 0 Å². The minimum atomic E-state index is 0.200. The third kappa shape index (κ3) is 35.2.